The fraction of sp³-hybridized carbons (Fsp3) is 0.800. The number of nitrogens with two attached hydrogens (primary N) is 1. The molecule has 0 aliphatic carbocycles. The Labute approximate surface area is 53.8 Å². The molecular formula is C5H10N2O2. The van der Waals surface area contributed by atoms with Crippen molar-refractivity contribution in [1.82, 2.24) is 0 Å². The van der Waals surface area contributed by atoms with E-state index in [-0.39, 0.29) is 25.9 Å². The molecule has 9 heavy (non-hydrogen) atoms. The first-order valence-electron chi connectivity index (χ1n) is 2.62. The van der Waals surface area contributed by atoms with Gasteiger partial charge in [-0.15, -0.1) is 0 Å². The van der Waals surface area contributed by atoms with Gasteiger partial charge >= 0.3 is 0 Å². The zero-order valence-corrected chi connectivity index (χ0v) is 5.08. The van der Waals surface area contributed by atoms with E-state index in [1.54, 1.807) is 6.07 Å². The van der Waals surface area contributed by atoms with Crippen molar-refractivity contribution < 1.29 is 9.84 Å². The van der Waals surface area contributed by atoms with Gasteiger partial charge in [-0.25, -0.2) is 0 Å². The normalized spacial score (nSPS) is 12.6. The van der Waals surface area contributed by atoms with Crippen LogP contribution in [0, 0.1) is 11.3 Å². The quantitative estimate of drug-likeness (QED) is 0.471. The van der Waals surface area contributed by atoms with Crippen molar-refractivity contribution in [3.8, 4) is 6.07 Å². The molecule has 0 amide bonds. The SMILES string of the molecule is N#CCOCC(N)CO. The van der Waals surface area contributed by atoms with Gasteiger partial charge in [-0.05, 0) is 0 Å². The van der Waals surface area contributed by atoms with E-state index in [9.17, 15) is 0 Å². The second-order valence-corrected chi connectivity index (χ2v) is 1.62. The van der Waals surface area contributed by atoms with Crippen LogP contribution in [0.5, 0.6) is 0 Å². The van der Waals surface area contributed by atoms with Gasteiger partial charge in [0.2, 0.25) is 0 Å². The van der Waals surface area contributed by atoms with Crippen molar-refractivity contribution in [2.75, 3.05) is 19.8 Å². The minimum atomic E-state index is -0.363. The number of nitrogens with zero attached hydrogens (tertiary/aromatic N) is 1. The molecule has 1 unspecified atom stereocenters. The highest BCUT2D eigenvalue weighted by atomic mass is 16.5. The summed E-state index contributed by atoms with van der Waals surface area (Å²) in [5.41, 5.74) is 5.23. The highest BCUT2D eigenvalue weighted by Gasteiger charge is 1.97. The Morgan fingerprint density at radius 1 is 1.78 bits per heavy atom. The standard InChI is InChI=1S/C5H10N2O2/c6-1-2-9-4-5(7)3-8/h5,8H,2-4,7H2. The van der Waals surface area contributed by atoms with Crippen LogP contribution in [0.1, 0.15) is 0 Å². The number of ether oxygens (including phenoxy) is 1. The molecule has 0 spiro atoms. The summed E-state index contributed by atoms with van der Waals surface area (Å²) in [4.78, 5) is 0. The van der Waals surface area contributed by atoms with E-state index in [1.807, 2.05) is 0 Å². The molecule has 0 aromatic rings. The summed E-state index contributed by atoms with van der Waals surface area (Å²) in [6, 6.07) is 1.43. The van der Waals surface area contributed by atoms with Crippen LogP contribution in [-0.4, -0.2) is 31.0 Å². The number of hydrogen-bond acceptors (Lipinski definition) is 4. The highest BCUT2D eigenvalue weighted by molar-refractivity contribution is 4.67. The first-order chi connectivity index (χ1) is 4.31. The van der Waals surface area contributed by atoms with E-state index in [0.29, 0.717) is 0 Å². The third-order valence-electron chi connectivity index (χ3n) is 0.733. The van der Waals surface area contributed by atoms with Gasteiger partial charge in [0.15, 0.2) is 0 Å². The number of aliphatic hydroxyl groups excluding tert-OH is 1. The Kier molecular flexibility index (Phi) is 5.12. The molecule has 0 aliphatic rings. The lowest BCUT2D eigenvalue weighted by Crippen LogP contribution is -2.29. The zero-order chi connectivity index (χ0) is 7.11. The number of hydrogen-bond donors (Lipinski definition) is 2. The molecular weight excluding hydrogens is 120 g/mol. The first-order valence-corrected chi connectivity index (χ1v) is 2.62. The Balaban J connectivity index is 2.99. The van der Waals surface area contributed by atoms with E-state index >= 15 is 0 Å². The molecule has 0 aromatic carbocycles. The van der Waals surface area contributed by atoms with Crippen LogP contribution in [0.15, 0.2) is 0 Å². The third-order valence-corrected chi connectivity index (χ3v) is 0.733. The molecule has 0 saturated carbocycles. The Hall–Kier alpha value is -0.630. The second-order valence-electron chi connectivity index (χ2n) is 1.62. The maximum atomic E-state index is 8.35. The summed E-state index contributed by atoms with van der Waals surface area (Å²) in [5, 5.41) is 16.3. The third kappa shape index (κ3) is 5.24. The van der Waals surface area contributed by atoms with E-state index in [0.717, 1.165) is 0 Å². The fourth-order valence-electron chi connectivity index (χ4n) is 0.309. The van der Waals surface area contributed by atoms with Crippen molar-refractivity contribution in [1.29, 1.82) is 5.26 Å². The minimum absolute atomic E-state index is 0.0354. The van der Waals surface area contributed by atoms with Crippen LogP contribution >= 0.6 is 0 Å². The van der Waals surface area contributed by atoms with E-state index < -0.39 is 0 Å². The lowest BCUT2D eigenvalue weighted by atomic mass is 10.4. The average Bonchev–Trinajstić information content (AvgIpc) is 1.89. The van der Waals surface area contributed by atoms with Crippen LogP contribution in [0.3, 0.4) is 0 Å². The van der Waals surface area contributed by atoms with Crippen LogP contribution in [-0.2, 0) is 4.74 Å². The van der Waals surface area contributed by atoms with Gasteiger partial charge in [-0.1, -0.05) is 0 Å². The zero-order valence-electron chi connectivity index (χ0n) is 5.08. The topological polar surface area (TPSA) is 79.3 Å². The molecule has 0 radical (unpaired) electrons. The van der Waals surface area contributed by atoms with Gasteiger partial charge < -0.3 is 15.6 Å². The van der Waals surface area contributed by atoms with Gasteiger partial charge in [0.1, 0.15) is 6.61 Å². The highest BCUT2D eigenvalue weighted by Crippen LogP contribution is 1.77. The Morgan fingerprint density at radius 3 is 2.89 bits per heavy atom. The van der Waals surface area contributed by atoms with Gasteiger partial charge in [-0.2, -0.15) is 5.26 Å². The molecule has 4 heteroatoms. The summed E-state index contributed by atoms with van der Waals surface area (Å²) in [6.45, 7) is 0.170. The molecule has 4 nitrogen and oxygen atoms in total. The van der Waals surface area contributed by atoms with Gasteiger partial charge in [0.25, 0.3) is 0 Å². The fourth-order valence-corrected chi connectivity index (χ4v) is 0.309. The largest absolute Gasteiger partial charge is 0.395 e. The van der Waals surface area contributed by atoms with E-state index in [2.05, 4.69) is 4.74 Å². The summed E-state index contributed by atoms with van der Waals surface area (Å²) in [7, 11) is 0. The van der Waals surface area contributed by atoms with Crippen LogP contribution in [0.25, 0.3) is 0 Å². The maximum Gasteiger partial charge on any atom is 0.133 e. The van der Waals surface area contributed by atoms with Crippen molar-refractivity contribution in [3.05, 3.63) is 0 Å². The lowest BCUT2D eigenvalue weighted by Gasteiger charge is -2.04. The number of nitriles is 1. The van der Waals surface area contributed by atoms with Crippen LogP contribution in [0.2, 0.25) is 0 Å². The summed E-state index contributed by atoms with van der Waals surface area (Å²) >= 11 is 0. The Morgan fingerprint density at radius 2 is 2.44 bits per heavy atom. The first kappa shape index (κ1) is 8.37. The molecule has 1 atom stereocenters. The van der Waals surface area contributed by atoms with Crippen LogP contribution < -0.4 is 5.73 Å². The molecule has 0 bridgehead atoms. The predicted molar refractivity (Wildman–Crippen MR) is 31.5 cm³/mol. The average molecular weight is 130 g/mol. The predicted octanol–water partition coefficient (Wildman–Crippen LogP) is -1.15. The minimum Gasteiger partial charge on any atom is -0.395 e. The van der Waals surface area contributed by atoms with Crippen molar-refractivity contribution >= 4 is 0 Å². The van der Waals surface area contributed by atoms with Crippen molar-refractivity contribution in [2.24, 2.45) is 5.73 Å². The van der Waals surface area contributed by atoms with Gasteiger partial charge in [0.05, 0.1) is 25.3 Å². The molecule has 0 heterocycles. The van der Waals surface area contributed by atoms with Crippen molar-refractivity contribution in [3.63, 3.8) is 0 Å². The molecule has 0 rings (SSSR count). The summed E-state index contributed by atoms with van der Waals surface area (Å²) in [5.74, 6) is 0. The summed E-state index contributed by atoms with van der Waals surface area (Å²) in [6.07, 6.45) is 0. The summed E-state index contributed by atoms with van der Waals surface area (Å²) < 4.78 is 4.69. The Bertz CT molecular complexity index is 99.6. The van der Waals surface area contributed by atoms with Crippen molar-refractivity contribution in [2.45, 2.75) is 6.04 Å². The van der Waals surface area contributed by atoms with Gasteiger partial charge in [-0.3, -0.25) is 0 Å². The maximum absolute atomic E-state index is 8.35. The molecule has 0 fully saturated rings. The molecule has 0 saturated heterocycles. The lowest BCUT2D eigenvalue weighted by molar-refractivity contribution is 0.124. The molecule has 3 N–H and O–H groups in total. The van der Waals surface area contributed by atoms with E-state index in [4.69, 9.17) is 16.1 Å². The monoisotopic (exact) mass is 130 g/mol. The molecule has 52 valence electrons. The van der Waals surface area contributed by atoms with Gasteiger partial charge in [0, 0.05) is 0 Å². The molecule has 0 aliphatic heterocycles. The second kappa shape index (κ2) is 5.51. The smallest absolute Gasteiger partial charge is 0.133 e. The van der Waals surface area contributed by atoms with Crippen LogP contribution in [0.4, 0.5) is 0 Å². The van der Waals surface area contributed by atoms with E-state index in [1.165, 1.54) is 0 Å². The number of rotatable bonds is 4. The number of aliphatic hydroxyl groups is 1. The molecule has 0 aromatic heterocycles.